The molecular formula is C14H11N3O2S2. The summed E-state index contributed by atoms with van der Waals surface area (Å²) in [5.74, 6) is -1.23. The van der Waals surface area contributed by atoms with E-state index in [0.29, 0.717) is 0 Å². The number of carboxylic acid groups (broad SMARTS) is 1. The molecule has 0 spiro atoms. The third-order valence-electron chi connectivity index (χ3n) is 2.55. The summed E-state index contributed by atoms with van der Waals surface area (Å²) >= 11 is 0. The fourth-order valence-corrected chi connectivity index (χ4v) is 3.65. The molecule has 2 rings (SSSR count). The van der Waals surface area contributed by atoms with Gasteiger partial charge in [-0.2, -0.15) is 4.79 Å². The largest absolute Gasteiger partial charge is 0.473 e. The van der Waals surface area contributed by atoms with E-state index in [4.69, 9.17) is 10.6 Å². The van der Waals surface area contributed by atoms with E-state index in [2.05, 4.69) is 9.77 Å². The van der Waals surface area contributed by atoms with Crippen LogP contribution in [0.15, 0.2) is 58.6 Å². The van der Waals surface area contributed by atoms with Crippen molar-refractivity contribution in [1.82, 2.24) is 4.98 Å². The van der Waals surface area contributed by atoms with E-state index in [0.717, 1.165) is 15.5 Å². The zero-order chi connectivity index (χ0) is 15.1. The van der Waals surface area contributed by atoms with Crippen LogP contribution >= 0.6 is 21.6 Å². The van der Waals surface area contributed by atoms with Gasteiger partial charge in [0, 0.05) is 11.1 Å². The molecule has 5 nitrogen and oxygen atoms in total. The van der Waals surface area contributed by atoms with Crippen LogP contribution in [0.1, 0.15) is 5.56 Å². The van der Waals surface area contributed by atoms with Crippen LogP contribution in [0.5, 0.6) is 0 Å². The molecule has 21 heavy (non-hydrogen) atoms. The van der Waals surface area contributed by atoms with Crippen molar-refractivity contribution in [3.63, 3.8) is 0 Å². The number of aliphatic carboxylic acids is 1. The van der Waals surface area contributed by atoms with Crippen molar-refractivity contribution in [2.45, 2.75) is 16.3 Å². The van der Waals surface area contributed by atoms with Gasteiger partial charge < -0.3 is 10.6 Å². The predicted octanol–water partition coefficient (Wildman–Crippen LogP) is 3.18. The molecule has 2 aromatic rings. The fraction of sp³-hybridized carbons (Fsp3) is 0.0714. The van der Waals surface area contributed by atoms with E-state index < -0.39 is 5.97 Å². The highest BCUT2D eigenvalue weighted by atomic mass is 33.1. The van der Waals surface area contributed by atoms with Gasteiger partial charge in [0.1, 0.15) is 5.03 Å². The average molecular weight is 317 g/mol. The van der Waals surface area contributed by atoms with Crippen LogP contribution in [-0.2, 0) is 11.2 Å². The number of benzene rings is 1. The molecule has 1 N–H and O–H groups in total. The molecule has 0 aliphatic carbocycles. The van der Waals surface area contributed by atoms with E-state index in [1.807, 2.05) is 42.5 Å². The lowest BCUT2D eigenvalue weighted by molar-refractivity contribution is -0.134. The van der Waals surface area contributed by atoms with Crippen LogP contribution in [0.3, 0.4) is 0 Å². The highest BCUT2D eigenvalue weighted by Gasteiger charge is 2.20. The number of rotatable bonds is 6. The molecule has 0 unspecified atom stereocenters. The van der Waals surface area contributed by atoms with Gasteiger partial charge in [-0.3, -0.25) is 0 Å². The number of hydrogen-bond acceptors (Lipinski definition) is 4. The zero-order valence-electron chi connectivity index (χ0n) is 10.8. The summed E-state index contributed by atoms with van der Waals surface area (Å²) in [4.78, 5) is 18.9. The van der Waals surface area contributed by atoms with Crippen molar-refractivity contribution < 1.29 is 14.7 Å². The van der Waals surface area contributed by atoms with Crippen LogP contribution in [0.2, 0.25) is 0 Å². The number of carboxylic acids is 1. The van der Waals surface area contributed by atoms with Crippen LogP contribution in [0.25, 0.3) is 5.53 Å². The maximum atomic E-state index is 10.9. The molecule has 0 saturated heterocycles. The van der Waals surface area contributed by atoms with E-state index >= 15 is 0 Å². The minimum atomic E-state index is -1.23. The fourth-order valence-electron chi connectivity index (χ4n) is 1.55. The maximum Gasteiger partial charge on any atom is 0.414 e. The van der Waals surface area contributed by atoms with Gasteiger partial charge in [0.25, 0.3) is 0 Å². The molecule has 0 radical (unpaired) electrons. The SMILES string of the molecule is [N-]=[N+]=C(Cc1ccccc1SSc1ccccn1)C(=O)O. The molecular weight excluding hydrogens is 306 g/mol. The van der Waals surface area contributed by atoms with Gasteiger partial charge in [-0.25, -0.2) is 9.78 Å². The molecule has 0 bridgehead atoms. The van der Waals surface area contributed by atoms with Gasteiger partial charge >= 0.3 is 11.7 Å². The lowest BCUT2D eigenvalue weighted by atomic mass is 10.1. The summed E-state index contributed by atoms with van der Waals surface area (Å²) in [5.41, 5.74) is 9.25. The van der Waals surface area contributed by atoms with Crippen molar-refractivity contribution in [1.29, 1.82) is 0 Å². The third-order valence-corrected chi connectivity index (χ3v) is 4.93. The predicted molar refractivity (Wildman–Crippen MR) is 82.4 cm³/mol. The Morgan fingerprint density at radius 3 is 2.62 bits per heavy atom. The van der Waals surface area contributed by atoms with Gasteiger partial charge in [0.15, 0.2) is 0 Å². The van der Waals surface area contributed by atoms with Crippen LogP contribution in [-0.4, -0.2) is 26.6 Å². The average Bonchev–Trinajstić information content (AvgIpc) is 2.52. The molecule has 106 valence electrons. The zero-order valence-corrected chi connectivity index (χ0v) is 12.5. The number of nitrogens with zero attached hydrogens (tertiary/aromatic N) is 3. The van der Waals surface area contributed by atoms with Crippen molar-refractivity contribution in [3.05, 3.63) is 59.8 Å². The van der Waals surface area contributed by atoms with Gasteiger partial charge in [-0.1, -0.05) is 35.1 Å². The Bertz CT molecular complexity index is 686. The lowest BCUT2D eigenvalue weighted by Crippen LogP contribution is -2.17. The summed E-state index contributed by atoms with van der Waals surface area (Å²) in [6.07, 6.45) is 1.79. The summed E-state index contributed by atoms with van der Waals surface area (Å²) in [6, 6.07) is 13.1. The maximum absolute atomic E-state index is 10.9. The number of carbonyl (C=O) groups is 1. The Hall–Kier alpha value is -2.08. The highest BCUT2D eigenvalue weighted by molar-refractivity contribution is 8.76. The minimum absolute atomic E-state index is 0.0672. The monoisotopic (exact) mass is 317 g/mol. The minimum Gasteiger partial charge on any atom is -0.473 e. The first-order chi connectivity index (χ1) is 10.2. The summed E-state index contributed by atoms with van der Waals surface area (Å²) in [6.45, 7) is 0. The van der Waals surface area contributed by atoms with Crippen molar-refractivity contribution in [2.75, 3.05) is 0 Å². The first-order valence-electron chi connectivity index (χ1n) is 5.98. The van der Waals surface area contributed by atoms with Crippen molar-refractivity contribution >= 4 is 33.3 Å². The van der Waals surface area contributed by atoms with Crippen molar-refractivity contribution in [2.24, 2.45) is 0 Å². The van der Waals surface area contributed by atoms with Crippen molar-refractivity contribution in [3.8, 4) is 0 Å². The van der Waals surface area contributed by atoms with Crippen LogP contribution < -0.4 is 0 Å². The molecule has 1 heterocycles. The van der Waals surface area contributed by atoms with Gasteiger partial charge in [-0.05, 0) is 34.6 Å². The smallest absolute Gasteiger partial charge is 0.414 e. The molecule has 0 amide bonds. The number of pyridine rings is 1. The molecule has 0 aliphatic rings. The Morgan fingerprint density at radius 2 is 1.95 bits per heavy atom. The Balaban J connectivity index is 2.13. The standard InChI is InChI=1S/C14H11N3O2S2/c15-17-11(14(18)19)9-10-5-1-2-6-12(10)20-21-13-7-3-4-8-16-13/h1-8H,9H2,(H,18,19). The molecule has 0 aliphatic heterocycles. The molecule has 1 aromatic heterocycles. The first-order valence-corrected chi connectivity index (χ1v) is 8.13. The van der Waals surface area contributed by atoms with E-state index in [9.17, 15) is 4.79 Å². The summed E-state index contributed by atoms with van der Waals surface area (Å²) in [7, 11) is 2.98. The molecule has 0 atom stereocenters. The van der Waals surface area contributed by atoms with Gasteiger partial charge in [-0.15, -0.1) is 0 Å². The number of hydrogen-bond donors (Lipinski definition) is 1. The first kappa shape index (κ1) is 15.3. The molecule has 0 saturated carbocycles. The normalized spacial score (nSPS) is 9.90. The van der Waals surface area contributed by atoms with Gasteiger partial charge in [0.2, 0.25) is 0 Å². The second-order valence-corrected chi connectivity index (χ2v) is 6.16. The summed E-state index contributed by atoms with van der Waals surface area (Å²) in [5, 5.41) is 9.79. The second kappa shape index (κ2) is 7.64. The van der Waals surface area contributed by atoms with E-state index in [1.54, 1.807) is 6.20 Å². The Kier molecular flexibility index (Phi) is 5.57. The molecule has 7 heteroatoms. The lowest BCUT2D eigenvalue weighted by Gasteiger charge is -2.05. The summed E-state index contributed by atoms with van der Waals surface area (Å²) < 4.78 is 0. The second-order valence-electron chi connectivity index (χ2n) is 3.97. The third kappa shape index (κ3) is 4.46. The van der Waals surface area contributed by atoms with E-state index in [-0.39, 0.29) is 12.1 Å². The van der Waals surface area contributed by atoms with Gasteiger partial charge in [0.05, 0.1) is 6.42 Å². The molecule has 0 fully saturated rings. The topological polar surface area (TPSA) is 86.6 Å². The van der Waals surface area contributed by atoms with Crippen LogP contribution in [0, 0.1) is 0 Å². The van der Waals surface area contributed by atoms with Crippen LogP contribution in [0.4, 0.5) is 0 Å². The highest BCUT2D eigenvalue weighted by Crippen LogP contribution is 2.37. The number of aromatic nitrogens is 1. The Labute approximate surface area is 129 Å². The molecule has 1 aromatic carbocycles. The Morgan fingerprint density at radius 1 is 1.19 bits per heavy atom. The quantitative estimate of drug-likeness (QED) is 0.383. The van der Waals surface area contributed by atoms with E-state index in [1.165, 1.54) is 21.6 Å².